The van der Waals surface area contributed by atoms with Crippen LogP contribution in [-0.4, -0.2) is 9.97 Å². The Kier molecular flexibility index (Phi) is 4.48. The lowest BCUT2D eigenvalue weighted by Gasteiger charge is -1.99. The second kappa shape index (κ2) is 5.91. The molecule has 0 unspecified atom stereocenters. The van der Waals surface area contributed by atoms with Gasteiger partial charge in [-0.25, -0.2) is 9.97 Å². The topological polar surface area (TPSA) is 25.8 Å². The zero-order valence-electron chi connectivity index (χ0n) is 9.44. The van der Waals surface area contributed by atoms with Crippen molar-refractivity contribution in [2.24, 2.45) is 0 Å². The van der Waals surface area contributed by atoms with Crippen molar-refractivity contribution >= 4 is 0 Å². The molecule has 2 rings (SSSR count). The molecule has 0 spiro atoms. The van der Waals surface area contributed by atoms with E-state index in [9.17, 15) is 0 Å². The van der Waals surface area contributed by atoms with E-state index >= 15 is 0 Å². The Hall–Kier alpha value is -1.70. The summed E-state index contributed by atoms with van der Waals surface area (Å²) in [4.78, 5) is 8.53. The van der Waals surface area contributed by atoms with Gasteiger partial charge in [-0.1, -0.05) is 44.2 Å². The van der Waals surface area contributed by atoms with Crippen LogP contribution in [0.5, 0.6) is 0 Å². The largest absolute Gasteiger partial charge is 0.237 e. The number of hydrogen-bond donors (Lipinski definition) is 0. The molecule has 2 nitrogen and oxygen atoms in total. The number of aromatic nitrogens is 2. The summed E-state index contributed by atoms with van der Waals surface area (Å²) in [6, 6.07) is 11.9. The predicted octanol–water partition coefficient (Wildman–Crippen LogP) is 3.48. The predicted molar refractivity (Wildman–Crippen MR) is 63.6 cm³/mol. The minimum atomic E-state index is 0.792. The van der Waals surface area contributed by atoms with Crippen LogP contribution in [0.2, 0.25) is 0 Å². The highest BCUT2D eigenvalue weighted by Gasteiger charge is 1.98. The van der Waals surface area contributed by atoms with Crippen LogP contribution in [-0.2, 0) is 0 Å². The van der Waals surface area contributed by atoms with Crippen molar-refractivity contribution in [2.75, 3.05) is 0 Å². The third-order valence-corrected chi connectivity index (χ3v) is 1.83. The average molecular weight is 200 g/mol. The molecular weight excluding hydrogens is 184 g/mol. The molecule has 0 bridgehead atoms. The summed E-state index contributed by atoms with van der Waals surface area (Å²) in [6.07, 6.45) is 1.78. The van der Waals surface area contributed by atoms with Gasteiger partial charge in [0.25, 0.3) is 0 Å². The fourth-order valence-corrected chi connectivity index (χ4v) is 1.18. The number of benzene rings is 1. The van der Waals surface area contributed by atoms with E-state index < -0.39 is 0 Å². The molecule has 2 aromatic rings. The highest BCUT2D eigenvalue weighted by molar-refractivity contribution is 5.54. The maximum atomic E-state index is 4.33. The van der Waals surface area contributed by atoms with Gasteiger partial charge in [0.1, 0.15) is 0 Å². The van der Waals surface area contributed by atoms with Gasteiger partial charge in [0.05, 0.1) is 0 Å². The fourth-order valence-electron chi connectivity index (χ4n) is 1.18. The monoisotopic (exact) mass is 200 g/mol. The normalized spacial score (nSPS) is 9.00. The van der Waals surface area contributed by atoms with Crippen molar-refractivity contribution in [1.82, 2.24) is 9.97 Å². The van der Waals surface area contributed by atoms with Gasteiger partial charge in [0.2, 0.25) is 0 Å². The third kappa shape index (κ3) is 3.17. The van der Waals surface area contributed by atoms with Crippen LogP contribution in [0, 0.1) is 6.92 Å². The molecule has 1 heterocycles. The molecule has 0 fully saturated rings. The van der Waals surface area contributed by atoms with Crippen molar-refractivity contribution in [3.8, 4) is 11.4 Å². The molecule has 0 aliphatic rings. The van der Waals surface area contributed by atoms with E-state index in [1.165, 1.54) is 0 Å². The van der Waals surface area contributed by atoms with Crippen LogP contribution >= 0.6 is 0 Å². The van der Waals surface area contributed by atoms with E-state index in [2.05, 4.69) is 9.97 Å². The number of nitrogens with zero attached hydrogens (tertiary/aromatic N) is 2. The summed E-state index contributed by atoms with van der Waals surface area (Å²) >= 11 is 0. The van der Waals surface area contributed by atoms with E-state index in [0.717, 1.165) is 17.1 Å². The summed E-state index contributed by atoms with van der Waals surface area (Å²) in [5, 5.41) is 0. The molecule has 78 valence electrons. The van der Waals surface area contributed by atoms with Crippen LogP contribution in [0.25, 0.3) is 11.4 Å². The Morgan fingerprint density at radius 3 is 2.20 bits per heavy atom. The Balaban J connectivity index is 0.000000531. The van der Waals surface area contributed by atoms with Crippen LogP contribution in [0.1, 0.15) is 19.5 Å². The highest BCUT2D eigenvalue weighted by atomic mass is 14.9. The molecule has 15 heavy (non-hydrogen) atoms. The average Bonchev–Trinajstić information content (AvgIpc) is 2.33. The van der Waals surface area contributed by atoms with Gasteiger partial charge in [-0.15, -0.1) is 0 Å². The van der Waals surface area contributed by atoms with Gasteiger partial charge in [-0.05, 0) is 13.0 Å². The first-order chi connectivity index (χ1) is 7.36. The molecule has 2 heteroatoms. The summed E-state index contributed by atoms with van der Waals surface area (Å²) in [7, 11) is 0. The van der Waals surface area contributed by atoms with Crippen molar-refractivity contribution in [3.63, 3.8) is 0 Å². The molecule has 0 saturated carbocycles. The van der Waals surface area contributed by atoms with Crippen LogP contribution < -0.4 is 0 Å². The van der Waals surface area contributed by atoms with Crippen molar-refractivity contribution in [3.05, 3.63) is 48.3 Å². The van der Waals surface area contributed by atoms with Gasteiger partial charge in [-0.3, -0.25) is 0 Å². The minimum Gasteiger partial charge on any atom is -0.237 e. The standard InChI is InChI=1S/C11H10N2.C2H6/c1-9-7-8-12-11(13-9)10-5-3-2-4-6-10;1-2/h2-8H,1H3;1-2H3. The Labute approximate surface area is 91.0 Å². The van der Waals surface area contributed by atoms with Gasteiger partial charge in [0.15, 0.2) is 5.82 Å². The van der Waals surface area contributed by atoms with E-state index in [1.807, 2.05) is 57.2 Å². The van der Waals surface area contributed by atoms with E-state index in [4.69, 9.17) is 0 Å². The first-order valence-electron chi connectivity index (χ1n) is 5.21. The lowest BCUT2D eigenvalue weighted by atomic mass is 10.2. The fraction of sp³-hybridized carbons (Fsp3) is 0.231. The Bertz CT molecular complexity index is 396. The minimum absolute atomic E-state index is 0.792. The van der Waals surface area contributed by atoms with Crippen LogP contribution in [0.3, 0.4) is 0 Å². The number of rotatable bonds is 1. The molecule has 0 atom stereocenters. The van der Waals surface area contributed by atoms with Crippen LogP contribution in [0.4, 0.5) is 0 Å². The summed E-state index contributed by atoms with van der Waals surface area (Å²) < 4.78 is 0. The molecule has 0 aliphatic carbocycles. The van der Waals surface area contributed by atoms with Gasteiger partial charge in [0, 0.05) is 17.5 Å². The highest BCUT2D eigenvalue weighted by Crippen LogP contribution is 2.12. The summed E-state index contributed by atoms with van der Waals surface area (Å²) in [5.74, 6) is 0.792. The number of aryl methyl sites for hydroxylation is 1. The zero-order valence-corrected chi connectivity index (χ0v) is 9.44. The lowest BCUT2D eigenvalue weighted by Crippen LogP contribution is -1.89. The zero-order chi connectivity index (χ0) is 11.1. The van der Waals surface area contributed by atoms with Gasteiger partial charge < -0.3 is 0 Å². The first kappa shape index (κ1) is 11.4. The Morgan fingerprint density at radius 2 is 1.60 bits per heavy atom. The smallest absolute Gasteiger partial charge is 0.159 e. The van der Waals surface area contributed by atoms with Crippen molar-refractivity contribution in [1.29, 1.82) is 0 Å². The van der Waals surface area contributed by atoms with Gasteiger partial charge >= 0.3 is 0 Å². The first-order valence-corrected chi connectivity index (χ1v) is 5.21. The van der Waals surface area contributed by atoms with Gasteiger partial charge in [-0.2, -0.15) is 0 Å². The number of hydrogen-bond acceptors (Lipinski definition) is 2. The van der Waals surface area contributed by atoms with Crippen LogP contribution in [0.15, 0.2) is 42.6 Å². The van der Waals surface area contributed by atoms with E-state index in [-0.39, 0.29) is 0 Å². The SMILES string of the molecule is CC.Cc1ccnc(-c2ccccc2)n1. The maximum Gasteiger partial charge on any atom is 0.159 e. The molecule has 0 N–H and O–H groups in total. The van der Waals surface area contributed by atoms with E-state index in [1.54, 1.807) is 6.20 Å². The molecular formula is C13H16N2. The second-order valence-corrected chi connectivity index (χ2v) is 2.89. The maximum absolute atomic E-state index is 4.33. The lowest BCUT2D eigenvalue weighted by molar-refractivity contribution is 1.11. The van der Waals surface area contributed by atoms with E-state index in [0.29, 0.717) is 0 Å². The molecule has 1 aromatic carbocycles. The molecule has 0 amide bonds. The summed E-state index contributed by atoms with van der Waals surface area (Å²) in [6.45, 7) is 5.97. The molecule has 1 aromatic heterocycles. The second-order valence-electron chi connectivity index (χ2n) is 2.89. The Morgan fingerprint density at radius 1 is 0.933 bits per heavy atom. The molecule has 0 saturated heterocycles. The summed E-state index contributed by atoms with van der Waals surface area (Å²) in [5.41, 5.74) is 2.06. The van der Waals surface area contributed by atoms with Crippen molar-refractivity contribution < 1.29 is 0 Å². The third-order valence-electron chi connectivity index (χ3n) is 1.83. The quantitative estimate of drug-likeness (QED) is 0.704. The van der Waals surface area contributed by atoms with Crippen molar-refractivity contribution in [2.45, 2.75) is 20.8 Å². The molecule has 0 aliphatic heterocycles. The molecule has 0 radical (unpaired) electrons.